The number of nitrogens with two attached hydrogens (primary N) is 1. The zero-order valence-electron chi connectivity index (χ0n) is 11.2. The third-order valence-electron chi connectivity index (χ3n) is 3.79. The molecule has 2 aromatic rings. The van der Waals surface area contributed by atoms with Crippen LogP contribution in [0.1, 0.15) is 33.4 Å². The van der Waals surface area contributed by atoms with Gasteiger partial charge in [0, 0.05) is 24.4 Å². The fourth-order valence-corrected chi connectivity index (χ4v) is 2.81. The summed E-state index contributed by atoms with van der Waals surface area (Å²) in [7, 11) is 0. The van der Waals surface area contributed by atoms with Crippen molar-refractivity contribution >= 4 is 11.7 Å². The van der Waals surface area contributed by atoms with E-state index in [1.54, 1.807) is 17.0 Å². The summed E-state index contributed by atoms with van der Waals surface area (Å²) in [5.74, 6) is 0.172. The highest BCUT2D eigenvalue weighted by Gasteiger charge is 2.33. The molecule has 1 heterocycles. The quantitative estimate of drug-likeness (QED) is 0.909. The van der Waals surface area contributed by atoms with Gasteiger partial charge in [0.05, 0.1) is 6.42 Å². The van der Waals surface area contributed by atoms with Gasteiger partial charge in [0.2, 0.25) is 5.91 Å². The lowest BCUT2D eigenvalue weighted by atomic mass is 10.1. The molecular weight excluding hydrogens is 254 g/mol. The van der Waals surface area contributed by atoms with Gasteiger partial charge < -0.3 is 10.3 Å². The van der Waals surface area contributed by atoms with Crippen LogP contribution in [-0.2, 0) is 17.6 Å². The molecule has 0 fully saturated rings. The van der Waals surface area contributed by atoms with Gasteiger partial charge in [0.25, 0.3) is 0 Å². The van der Waals surface area contributed by atoms with E-state index in [9.17, 15) is 9.59 Å². The Labute approximate surface area is 116 Å². The lowest BCUT2D eigenvalue weighted by Crippen LogP contribution is -2.22. The van der Waals surface area contributed by atoms with Crippen molar-refractivity contribution < 1.29 is 9.59 Å². The molecule has 1 aliphatic rings. The van der Waals surface area contributed by atoms with Gasteiger partial charge in [-0.15, -0.1) is 0 Å². The summed E-state index contributed by atoms with van der Waals surface area (Å²) in [6.45, 7) is 2.01. The number of carbonyl (C=O) groups is 2. The number of hydrogen-bond acceptors (Lipinski definition) is 3. The third kappa shape index (κ3) is 1.91. The minimum absolute atomic E-state index is 0.0477. The van der Waals surface area contributed by atoms with E-state index in [1.165, 1.54) is 0 Å². The van der Waals surface area contributed by atoms with Gasteiger partial charge in [-0.1, -0.05) is 18.2 Å². The molecule has 0 radical (unpaired) electrons. The number of rotatable bonds is 3. The maximum atomic E-state index is 12.5. The summed E-state index contributed by atoms with van der Waals surface area (Å²) in [6.07, 6.45) is 4.03. The van der Waals surface area contributed by atoms with Crippen LogP contribution < -0.4 is 5.73 Å². The number of aromatic nitrogens is 2. The molecule has 0 spiro atoms. The van der Waals surface area contributed by atoms with Crippen LogP contribution in [0.5, 0.6) is 0 Å². The summed E-state index contributed by atoms with van der Waals surface area (Å²) >= 11 is 0. The standard InChI is InChI=1S/C15H15N3O2/c1-9-3-2-4-10-11(9)7-12(15(10)20)18-6-5-17-14(18)8-13(16)19/h2-6,12H,7-8H2,1H3,(H2,16,19). The van der Waals surface area contributed by atoms with Crippen molar-refractivity contribution in [2.75, 3.05) is 0 Å². The van der Waals surface area contributed by atoms with Crippen molar-refractivity contribution in [3.8, 4) is 0 Å². The fourth-order valence-electron chi connectivity index (χ4n) is 2.81. The minimum atomic E-state index is -0.448. The van der Waals surface area contributed by atoms with E-state index in [0.717, 1.165) is 16.7 Å². The smallest absolute Gasteiger partial charge is 0.225 e. The Balaban J connectivity index is 1.99. The molecule has 102 valence electrons. The number of nitrogens with zero attached hydrogens (tertiary/aromatic N) is 2. The van der Waals surface area contributed by atoms with Gasteiger partial charge >= 0.3 is 0 Å². The molecule has 0 saturated carbocycles. The maximum Gasteiger partial charge on any atom is 0.225 e. The van der Waals surface area contributed by atoms with Crippen LogP contribution in [0.2, 0.25) is 0 Å². The zero-order valence-corrected chi connectivity index (χ0v) is 11.2. The molecule has 1 aliphatic carbocycles. The number of imidazole rings is 1. The van der Waals surface area contributed by atoms with E-state index in [0.29, 0.717) is 12.2 Å². The van der Waals surface area contributed by atoms with E-state index >= 15 is 0 Å². The van der Waals surface area contributed by atoms with Crippen molar-refractivity contribution in [2.24, 2.45) is 5.73 Å². The summed E-state index contributed by atoms with van der Waals surface area (Å²) in [5, 5.41) is 0. The van der Waals surface area contributed by atoms with E-state index in [4.69, 9.17) is 5.73 Å². The Morgan fingerprint density at radius 1 is 1.50 bits per heavy atom. The van der Waals surface area contributed by atoms with Gasteiger partial charge in [0.1, 0.15) is 11.9 Å². The SMILES string of the molecule is Cc1cccc2c1CC(n1ccnc1CC(N)=O)C2=O. The zero-order chi connectivity index (χ0) is 14.3. The second kappa shape index (κ2) is 4.59. The highest BCUT2D eigenvalue weighted by Crippen LogP contribution is 2.32. The van der Waals surface area contributed by atoms with Gasteiger partial charge in [0.15, 0.2) is 5.78 Å². The number of ketones is 1. The molecule has 0 bridgehead atoms. The summed E-state index contributed by atoms with van der Waals surface area (Å²) in [4.78, 5) is 27.7. The second-order valence-corrected chi connectivity index (χ2v) is 5.08. The molecule has 20 heavy (non-hydrogen) atoms. The Morgan fingerprint density at radius 3 is 3.00 bits per heavy atom. The highest BCUT2D eigenvalue weighted by atomic mass is 16.1. The van der Waals surface area contributed by atoms with Crippen molar-refractivity contribution in [1.29, 1.82) is 0 Å². The fraction of sp³-hybridized carbons (Fsp3) is 0.267. The third-order valence-corrected chi connectivity index (χ3v) is 3.79. The van der Waals surface area contributed by atoms with Crippen molar-refractivity contribution in [3.05, 3.63) is 53.1 Å². The molecule has 5 nitrogen and oxygen atoms in total. The summed E-state index contributed by atoms with van der Waals surface area (Å²) in [6, 6.07) is 5.44. The normalized spacial score (nSPS) is 17.2. The second-order valence-electron chi connectivity index (χ2n) is 5.08. The molecule has 0 saturated heterocycles. The first-order chi connectivity index (χ1) is 9.58. The number of aryl methyl sites for hydroxylation is 1. The maximum absolute atomic E-state index is 12.5. The number of primary amides is 1. The van der Waals surface area contributed by atoms with E-state index in [2.05, 4.69) is 4.98 Å². The van der Waals surface area contributed by atoms with E-state index < -0.39 is 5.91 Å². The monoisotopic (exact) mass is 269 g/mol. The molecule has 0 aliphatic heterocycles. The summed E-state index contributed by atoms with van der Waals surface area (Å²) < 4.78 is 1.77. The van der Waals surface area contributed by atoms with Crippen molar-refractivity contribution in [2.45, 2.75) is 25.8 Å². The molecular formula is C15H15N3O2. The van der Waals surface area contributed by atoms with E-state index in [-0.39, 0.29) is 18.2 Å². The number of amides is 1. The lowest BCUT2D eigenvalue weighted by Gasteiger charge is -2.13. The Kier molecular flexibility index (Phi) is 2.89. The number of hydrogen-bond donors (Lipinski definition) is 1. The first-order valence-electron chi connectivity index (χ1n) is 6.50. The van der Waals surface area contributed by atoms with Crippen molar-refractivity contribution in [1.82, 2.24) is 9.55 Å². The number of carbonyl (C=O) groups excluding carboxylic acids is 2. The average Bonchev–Trinajstić information content (AvgIpc) is 2.95. The van der Waals surface area contributed by atoms with Gasteiger partial charge in [-0.25, -0.2) is 4.98 Å². The number of benzene rings is 1. The first-order valence-corrected chi connectivity index (χ1v) is 6.50. The Bertz CT molecular complexity index is 703. The van der Waals surface area contributed by atoms with Gasteiger partial charge in [-0.05, 0) is 18.1 Å². The number of Topliss-reactive ketones (excluding diaryl/α,β-unsaturated/α-hetero) is 1. The number of fused-ring (bicyclic) bond motifs is 1. The van der Waals surface area contributed by atoms with Crippen molar-refractivity contribution in [3.63, 3.8) is 0 Å². The Hall–Kier alpha value is -2.43. The van der Waals surface area contributed by atoms with Crippen LogP contribution in [0.3, 0.4) is 0 Å². The summed E-state index contributed by atoms with van der Waals surface area (Å²) in [5.41, 5.74) is 8.19. The minimum Gasteiger partial charge on any atom is -0.369 e. The molecule has 5 heteroatoms. The molecule has 3 rings (SSSR count). The molecule has 2 N–H and O–H groups in total. The largest absolute Gasteiger partial charge is 0.369 e. The van der Waals surface area contributed by atoms with Crippen LogP contribution in [0, 0.1) is 6.92 Å². The topological polar surface area (TPSA) is 78.0 Å². The van der Waals surface area contributed by atoms with Crippen LogP contribution in [0.15, 0.2) is 30.6 Å². The van der Waals surface area contributed by atoms with Crippen LogP contribution in [0.4, 0.5) is 0 Å². The Morgan fingerprint density at radius 2 is 2.30 bits per heavy atom. The molecule has 1 atom stereocenters. The highest BCUT2D eigenvalue weighted by molar-refractivity contribution is 6.03. The predicted molar refractivity (Wildman–Crippen MR) is 73.4 cm³/mol. The molecule has 1 amide bonds. The first kappa shape index (κ1) is 12.6. The lowest BCUT2D eigenvalue weighted by molar-refractivity contribution is -0.117. The van der Waals surface area contributed by atoms with Crippen LogP contribution in [0.25, 0.3) is 0 Å². The van der Waals surface area contributed by atoms with Gasteiger partial charge in [-0.3, -0.25) is 9.59 Å². The van der Waals surface area contributed by atoms with Crippen LogP contribution >= 0.6 is 0 Å². The van der Waals surface area contributed by atoms with E-state index in [1.807, 2.05) is 25.1 Å². The molecule has 1 aromatic heterocycles. The average molecular weight is 269 g/mol. The molecule has 1 unspecified atom stereocenters. The predicted octanol–water partition coefficient (Wildman–Crippen LogP) is 1.20. The van der Waals surface area contributed by atoms with Gasteiger partial charge in [-0.2, -0.15) is 0 Å². The van der Waals surface area contributed by atoms with Crippen LogP contribution in [-0.4, -0.2) is 21.2 Å². The molecule has 1 aromatic carbocycles.